The van der Waals surface area contributed by atoms with Gasteiger partial charge in [-0.05, 0) is 38.8 Å². The van der Waals surface area contributed by atoms with Crippen LogP contribution in [0.2, 0.25) is 0 Å². The van der Waals surface area contributed by atoms with Gasteiger partial charge >= 0.3 is 6.18 Å². The van der Waals surface area contributed by atoms with Crippen LogP contribution in [0, 0.1) is 11.8 Å². The number of piperidine rings is 1. The third-order valence-corrected chi connectivity index (χ3v) is 3.54. The normalized spacial score (nSPS) is 23.6. The van der Waals surface area contributed by atoms with Gasteiger partial charge in [0.2, 0.25) is 0 Å². The van der Waals surface area contributed by atoms with Crippen molar-refractivity contribution in [3.63, 3.8) is 0 Å². The van der Waals surface area contributed by atoms with Crippen LogP contribution >= 0.6 is 0 Å². The number of rotatable bonds is 4. The van der Waals surface area contributed by atoms with E-state index in [4.69, 9.17) is 5.73 Å². The molecule has 0 aromatic rings. The molecular weight excluding hydrogens is 233 g/mol. The Balaban J connectivity index is 2.39. The third kappa shape index (κ3) is 4.44. The van der Waals surface area contributed by atoms with Gasteiger partial charge in [0.25, 0.3) is 0 Å². The van der Waals surface area contributed by atoms with E-state index in [0.717, 1.165) is 12.8 Å². The summed E-state index contributed by atoms with van der Waals surface area (Å²) in [6, 6.07) is 0. The Kier molecular flexibility index (Phi) is 5.22. The molecule has 102 valence electrons. The highest BCUT2D eigenvalue weighted by atomic mass is 19.4. The Morgan fingerprint density at radius 3 is 2.24 bits per heavy atom. The van der Waals surface area contributed by atoms with E-state index < -0.39 is 12.1 Å². The van der Waals surface area contributed by atoms with Gasteiger partial charge in [0, 0.05) is 13.1 Å². The standard InChI is InChI=1S/C11H21F3N2O/c1-8(17)9-2-4-16(5-3-9)7-10(6-15)11(12,13)14/h8-10,17H,2-7,15H2,1H3. The van der Waals surface area contributed by atoms with Crippen LogP contribution in [0.4, 0.5) is 13.2 Å². The Hall–Kier alpha value is -0.330. The third-order valence-electron chi connectivity index (χ3n) is 3.54. The van der Waals surface area contributed by atoms with Crippen LogP contribution in [0.1, 0.15) is 19.8 Å². The first kappa shape index (κ1) is 14.7. The van der Waals surface area contributed by atoms with E-state index in [2.05, 4.69) is 0 Å². The summed E-state index contributed by atoms with van der Waals surface area (Å²) in [7, 11) is 0. The summed E-state index contributed by atoms with van der Waals surface area (Å²) in [6.45, 7) is 2.58. The predicted molar refractivity (Wildman–Crippen MR) is 59.4 cm³/mol. The number of nitrogens with zero attached hydrogens (tertiary/aromatic N) is 1. The van der Waals surface area contributed by atoms with Gasteiger partial charge in [-0.2, -0.15) is 13.2 Å². The highest BCUT2D eigenvalue weighted by Crippen LogP contribution is 2.28. The molecule has 6 heteroatoms. The van der Waals surface area contributed by atoms with Crippen LogP contribution < -0.4 is 5.73 Å². The Morgan fingerprint density at radius 1 is 1.35 bits per heavy atom. The molecule has 0 aliphatic carbocycles. The van der Waals surface area contributed by atoms with E-state index >= 15 is 0 Å². The van der Waals surface area contributed by atoms with Crippen LogP contribution in [-0.2, 0) is 0 Å². The topological polar surface area (TPSA) is 49.5 Å². The molecule has 1 rings (SSSR count). The molecule has 0 bridgehead atoms. The first-order valence-corrected chi connectivity index (χ1v) is 6.01. The van der Waals surface area contributed by atoms with E-state index in [1.54, 1.807) is 11.8 Å². The summed E-state index contributed by atoms with van der Waals surface area (Å²) in [5.41, 5.74) is 5.16. The fourth-order valence-electron chi connectivity index (χ4n) is 2.24. The monoisotopic (exact) mass is 254 g/mol. The Morgan fingerprint density at radius 2 is 1.88 bits per heavy atom. The van der Waals surface area contributed by atoms with Crippen molar-refractivity contribution in [2.24, 2.45) is 17.6 Å². The summed E-state index contributed by atoms with van der Waals surface area (Å²) in [5.74, 6) is -1.22. The van der Waals surface area contributed by atoms with Gasteiger partial charge in [-0.1, -0.05) is 0 Å². The van der Waals surface area contributed by atoms with Crippen molar-refractivity contribution >= 4 is 0 Å². The molecule has 1 heterocycles. The van der Waals surface area contributed by atoms with Crippen LogP contribution in [0.15, 0.2) is 0 Å². The molecule has 0 radical (unpaired) electrons. The van der Waals surface area contributed by atoms with Gasteiger partial charge in [0.1, 0.15) is 0 Å². The number of halogens is 3. The summed E-state index contributed by atoms with van der Waals surface area (Å²) in [6.07, 6.45) is -3.07. The Bertz CT molecular complexity index is 225. The molecule has 3 nitrogen and oxygen atoms in total. The van der Waals surface area contributed by atoms with Gasteiger partial charge in [0.15, 0.2) is 0 Å². The van der Waals surface area contributed by atoms with Crippen molar-refractivity contribution < 1.29 is 18.3 Å². The van der Waals surface area contributed by atoms with Gasteiger partial charge in [-0.15, -0.1) is 0 Å². The average molecular weight is 254 g/mol. The largest absolute Gasteiger partial charge is 0.394 e. The maximum absolute atomic E-state index is 12.5. The quantitative estimate of drug-likeness (QED) is 0.793. The fourth-order valence-corrected chi connectivity index (χ4v) is 2.24. The predicted octanol–water partition coefficient (Wildman–Crippen LogP) is 1.22. The molecule has 1 aliphatic heterocycles. The number of alkyl halides is 3. The lowest BCUT2D eigenvalue weighted by Crippen LogP contribution is -2.44. The minimum absolute atomic E-state index is 0.0213. The highest BCUT2D eigenvalue weighted by Gasteiger charge is 2.39. The zero-order valence-electron chi connectivity index (χ0n) is 10.1. The maximum atomic E-state index is 12.5. The first-order valence-electron chi connectivity index (χ1n) is 6.01. The number of aliphatic hydroxyl groups excluding tert-OH is 1. The van der Waals surface area contributed by atoms with Gasteiger partial charge in [-0.3, -0.25) is 0 Å². The van der Waals surface area contributed by atoms with Gasteiger partial charge in [-0.25, -0.2) is 0 Å². The molecule has 0 aromatic heterocycles. The molecule has 1 aliphatic rings. The van der Waals surface area contributed by atoms with Crippen molar-refractivity contribution in [1.29, 1.82) is 0 Å². The van der Waals surface area contributed by atoms with E-state index in [9.17, 15) is 18.3 Å². The molecule has 0 spiro atoms. The molecule has 2 atom stereocenters. The maximum Gasteiger partial charge on any atom is 0.394 e. The van der Waals surface area contributed by atoms with Crippen LogP contribution in [-0.4, -0.2) is 48.5 Å². The van der Waals surface area contributed by atoms with E-state index in [-0.39, 0.29) is 25.1 Å². The molecular formula is C11H21F3N2O. The average Bonchev–Trinajstić information content (AvgIpc) is 2.24. The van der Waals surface area contributed by atoms with Crippen molar-refractivity contribution in [3.8, 4) is 0 Å². The lowest BCUT2D eigenvalue weighted by Gasteiger charge is -2.35. The minimum Gasteiger partial charge on any atom is -0.393 e. The lowest BCUT2D eigenvalue weighted by atomic mass is 9.91. The molecule has 0 saturated carbocycles. The zero-order valence-corrected chi connectivity index (χ0v) is 10.1. The summed E-state index contributed by atoms with van der Waals surface area (Å²) >= 11 is 0. The lowest BCUT2D eigenvalue weighted by molar-refractivity contribution is -0.177. The molecule has 3 N–H and O–H groups in total. The SMILES string of the molecule is CC(O)C1CCN(CC(CN)C(F)(F)F)CC1. The molecule has 17 heavy (non-hydrogen) atoms. The second kappa shape index (κ2) is 6.02. The van der Waals surface area contributed by atoms with E-state index in [1.807, 2.05) is 0 Å². The van der Waals surface area contributed by atoms with Gasteiger partial charge < -0.3 is 15.7 Å². The minimum atomic E-state index is -4.21. The van der Waals surface area contributed by atoms with Crippen molar-refractivity contribution in [2.45, 2.75) is 32.0 Å². The molecule has 2 unspecified atom stereocenters. The summed E-state index contributed by atoms with van der Waals surface area (Å²) in [5, 5.41) is 9.40. The molecule has 0 aromatic carbocycles. The smallest absolute Gasteiger partial charge is 0.393 e. The Labute approximate surface area is 99.8 Å². The van der Waals surface area contributed by atoms with E-state index in [0.29, 0.717) is 13.1 Å². The second-order valence-electron chi connectivity index (χ2n) is 4.85. The summed E-state index contributed by atoms with van der Waals surface area (Å²) in [4.78, 5) is 1.80. The van der Waals surface area contributed by atoms with Gasteiger partial charge in [0.05, 0.1) is 12.0 Å². The first-order chi connectivity index (χ1) is 7.84. The molecule has 0 amide bonds. The molecule has 1 saturated heterocycles. The summed E-state index contributed by atoms with van der Waals surface area (Å²) < 4.78 is 37.6. The second-order valence-corrected chi connectivity index (χ2v) is 4.85. The van der Waals surface area contributed by atoms with Crippen LogP contribution in [0.25, 0.3) is 0 Å². The van der Waals surface area contributed by atoms with Crippen molar-refractivity contribution in [2.75, 3.05) is 26.2 Å². The zero-order chi connectivity index (χ0) is 13.1. The van der Waals surface area contributed by atoms with E-state index in [1.165, 1.54) is 0 Å². The molecule has 1 fully saturated rings. The number of hydrogen-bond acceptors (Lipinski definition) is 3. The van der Waals surface area contributed by atoms with Crippen LogP contribution in [0.3, 0.4) is 0 Å². The fraction of sp³-hybridized carbons (Fsp3) is 1.00. The number of likely N-dealkylation sites (tertiary alicyclic amines) is 1. The number of hydrogen-bond donors (Lipinski definition) is 2. The van der Waals surface area contributed by atoms with Crippen molar-refractivity contribution in [1.82, 2.24) is 4.90 Å². The number of aliphatic hydroxyl groups is 1. The number of nitrogens with two attached hydrogens (primary N) is 1. The van der Waals surface area contributed by atoms with Crippen LogP contribution in [0.5, 0.6) is 0 Å². The highest BCUT2D eigenvalue weighted by molar-refractivity contribution is 4.79. The van der Waals surface area contributed by atoms with Crippen molar-refractivity contribution in [3.05, 3.63) is 0 Å².